The van der Waals surface area contributed by atoms with Gasteiger partial charge >= 0.3 is 5.51 Å². The van der Waals surface area contributed by atoms with Gasteiger partial charge in [-0.1, -0.05) is 12.1 Å². The Balaban J connectivity index is 2.35. The summed E-state index contributed by atoms with van der Waals surface area (Å²) in [6, 6.07) is 5.31. The molecule has 1 aromatic carbocycles. The lowest BCUT2D eigenvalue weighted by molar-refractivity contribution is -0.0435. The summed E-state index contributed by atoms with van der Waals surface area (Å²) in [6.07, 6.45) is 0.821. The molecule has 0 saturated carbocycles. The van der Waals surface area contributed by atoms with Gasteiger partial charge in [-0.05, 0) is 38.1 Å². The second-order valence-electron chi connectivity index (χ2n) is 5.08. The van der Waals surface area contributed by atoms with Crippen molar-refractivity contribution in [3.8, 4) is 0 Å². The van der Waals surface area contributed by atoms with Gasteiger partial charge in [0.25, 0.3) is 9.84 Å². The standard InChI is InChI=1S/C13H17F3N2O2S/c1-17-8-10-6-7-18(9-10)11-4-2-3-5-12(11)21(19,20)13(14,15)16/h2-5,10,17H,6-9H2,1H3. The first-order valence-corrected chi connectivity index (χ1v) is 8.05. The maximum Gasteiger partial charge on any atom is 0.501 e. The minimum Gasteiger partial charge on any atom is -0.370 e. The molecule has 0 bridgehead atoms. The highest BCUT2D eigenvalue weighted by Crippen LogP contribution is 2.37. The summed E-state index contributed by atoms with van der Waals surface area (Å²) in [5.41, 5.74) is -5.15. The number of anilines is 1. The van der Waals surface area contributed by atoms with Crippen molar-refractivity contribution < 1.29 is 21.6 Å². The average molecular weight is 322 g/mol. The molecule has 1 atom stereocenters. The molecule has 1 unspecified atom stereocenters. The molecule has 8 heteroatoms. The van der Waals surface area contributed by atoms with Crippen LogP contribution in [0.15, 0.2) is 29.2 Å². The highest BCUT2D eigenvalue weighted by Gasteiger charge is 2.48. The minimum atomic E-state index is -5.33. The quantitative estimate of drug-likeness (QED) is 0.921. The Morgan fingerprint density at radius 3 is 2.62 bits per heavy atom. The van der Waals surface area contributed by atoms with Crippen LogP contribution in [0.25, 0.3) is 0 Å². The van der Waals surface area contributed by atoms with E-state index in [4.69, 9.17) is 0 Å². The number of benzene rings is 1. The van der Waals surface area contributed by atoms with Gasteiger partial charge in [-0.25, -0.2) is 8.42 Å². The third kappa shape index (κ3) is 3.16. The summed E-state index contributed by atoms with van der Waals surface area (Å²) in [6.45, 7) is 1.85. The van der Waals surface area contributed by atoms with E-state index in [9.17, 15) is 21.6 Å². The number of rotatable bonds is 4. The summed E-state index contributed by atoms with van der Waals surface area (Å²) in [5.74, 6) is 0.302. The zero-order valence-corrected chi connectivity index (χ0v) is 12.3. The van der Waals surface area contributed by atoms with Gasteiger partial charge in [0.2, 0.25) is 0 Å². The van der Waals surface area contributed by atoms with Gasteiger partial charge < -0.3 is 10.2 Å². The molecule has 1 heterocycles. The molecule has 1 aliphatic heterocycles. The Bertz CT molecular complexity index is 602. The Hall–Kier alpha value is -1.28. The number of hydrogen-bond acceptors (Lipinski definition) is 4. The Morgan fingerprint density at radius 1 is 1.33 bits per heavy atom. The van der Waals surface area contributed by atoms with Gasteiger partial charge in [-0.2, -0.15) is 13.2 Å². The molecule has 118 valence electrons. The van der Waals surface area contributed by atoms with E-state index in [2.05, 4.69) is 5.32 Å². The molecule has 1 N–H and O–H groups in total. The van der Waals surface area contributed by atoms with E-state index in [1.807, 2.05) is 7.05 Å². The van der Waals surface area contributed by atoms with E-state index in [0.29, 0.717) is 19.0 Å². The van der Waals surface area contributed by atoms with Crippen LogP contribution >= 0.6 is 0 Å². The van der Waals surface area contributed by atoms with Crippen LogP contribution in [0.1, 0.15) is 6.42 Å². The Morgan fingerprint density at radius 2 is 2.00 bits per heavy atom. The molecule has 0 aromatic heterocycles. The normalized spacial score (nSPS) is 20.0. The molecule has 0 aliphatic carbocycles. The van der Waals surface area contributed by atoms with E-state index in [1.165, 1.54) is 12.1 Å². The lowest BCUT2D eigenvalue weighted by Gasteiger charge is -2.22. The monoisotopic (exact) mass is 322 g/mol. The second kappa shape index (κ2) is 5.84. The van der Waals surface area contributed by atoms with E-state index >= 15 is 0 Å². The van der Waals surface area contributed by atoms with Crippen molar-refractivity contribution in [1.82, 2.24) is 5.32 Å². The van der Waals surface area contributed by atoms with Gasteiger partial charge in [0.05, 0.1) is 10.6 Å². The van der Waals surface area contributed by atoms with Crippen molar-refractivity contribution in [1.29, 1.82) is 0 Å². The predicted octanol–water partition coefficient (Wildman–Crippen LogP) is 2.03. The molecule has 1 aliphatic rings. The summed E-state index contributed by atoms with van der Waals surface area (Å²) in [4.78, 5) is 1.04. The van der Waals surface area contributed by atoms with Crippen LogP contribution in [0.4, 0.5) is 18.9 Å². The zero-order chi connectivity index (χ0) is 15.7. The maximum absolute atomic E-state index is 12.8. The van der Waals surface area contributed by atoms with Crippen molar-refractivity contribution in [2.75, 3.05) is 31.6 Å². The Labute approximate surface area is 121 Å². The third-order valence-corrected chi connectivity index (χ3v) is 5.11. The summed E-state index contributed by atoms with van der Waals surface area (Å²) >= 11 is 0. The minimum absolute atomic E-state index is 0.133. The van der Waals surface area contributed by atoms with Crippen molar-refractivity contribution >= 4 is 15.5 Å². The highest BCUT2D eigenvalue weighted by atomic mass is 32.2. The third-order valence-electron chi connectivity index (χ3n) is 3.58. The fourth-order valence-corrected chi connectivity index (χ4v) is 3.56. The van der Waals surface area contributed by atoms with E-state index < -0.39 is 20.2 Å². The fraction of sp³-hybridized carbons (Fsp3) is 0.538. The lowest BCUT2D eigenvalue weighted by atomic mass is 10.1. The SMILES string of the molecule is CNCC1CCN(c2ccccc2S(=O)(=O)C(F)(F)F)C1. The summed E-state index contributed by atoms with van der Waals surface area (Å²) in [7, 11) is -3.52. The molecule has 4 nitrogen and oxygen atoms in total. The van der Waals surface area contributed by atoms with E-state index in [0.717, 1.165) is 19.0 Å². The smallest absolute Gasteiger partial charge is 0.370 e. The molecular formula is C13H17F3N2O2S. The molecule has 0 spiro atoms. The lowest BCUT2D eigenvalue weighted by Crippen LogP contribution is -2.28. The van der Waals surface area contributed by atoms with Crippen LogP contribution < -0.4 is 10.2 Å². The van der Waals surface area contributed by atoms with Crippen LogP contribution in [0, 0.1) is 5.92 Å². The summed E-state index contributed by atoms with van der Waals surface area (Å²) in [5, 5.41) is 3.03. The number of para-hydroxylation sites is 1. The van der Waals surface area contributed by atoms with Gasteiger partial charge in [0.15, 0.2) is 0 Å². The highest BCUT2D eigenvalue weighted by molar-refractivity contribution is 7.92. The fourth-order valence-electron chi connectivity index (χ4n) is 2.58. The molecule has 1 saturated heterocycles. The van der Waals surface area contributed by atoms with Gasteiger partial charge in [0.1, 0.15) is 0 Å². The van der Waals surface area contributed by atoms with Crippen molar-refractivity contribution in [3.05, 3.63) is 24.3 Å². The van der Waals surface area contributed by atoms with E-state index in [1.54, 1.807) is 11.0 Å². The number of sulfone groups is 1. The number of halogens is 3. The van der Waals surface area contributed by atoms with E-state index in [-0.39, 0.29) is 5.69 Å². The molecule has 1 fully saturated rings. The molecule has 0 radical (unpaired) electrons. The number of nitrogens with zero attached hydrogens (tertiary/aromatic N) is 1. The van der Waals surface area contributed by atoms with Crippen LogP contribution in [-0.2, 0) is 9.84 Å². The number of nitrogens with one attached hydrogen (secondary N) is 1. The molecule has 2 rings (SSSR count). The van der Waals surface area contributed by atoms with Crippen LogP contribution in [0.5, 0.6) is 0 Å². The van der Waals surface area contributed by atoms with Gasteiger partial charge in [-0.3, -0.25) is 0 Å². The molecule has 21 heavy (non-hydrogen) atoms. The predicted molar refractivity (Wildman–Crippen MR) is 73.9 cm³/mol. The van der Waals surface area contributed by atoms with Crippen LogP contribution in [-0.4, -0.2) is 40.6 Å². The van der Waals surface area contributed by atoms with Crippen molar-refractivity contribution in [2.24, 2.45) is 5.92 Å². The van der Waals surface area contributed by atoms with Gasteiger partial charge in [0, 0.05) is 13.1 Å². The Kier molecular flexibility index (Phi) is 4.48. The molecule has 0 amide bonds. The summed E-state index contributed by atoms with van der Waals surface area (Å²) < 4.78 is 61.7. The maximum atomic E-state index is 12.8. The molecule has 1 aromatic rings. The first-order valence-electron chi connectivity index (χ1n) is 6.57. The first-order chi connectivity index (χ1) is 9.77. The zero-order valence-electron chi connectivity index (χ0n) is 11.5. The topological polar surface area (TPSA) is 49.4 Å². The van der Waals surface area contributed by atoms with Gasteiger partial charge in [-0.15, -0.1) is 0 Å². The average Bonchev–Trinajstić information content (AvgIpc) is 2.86. The number of hydrogen-bond donors (Lipinski definition) is 1. The first kappa shape index (κ1) is 16.1. The van der Waals surface area contributed by atoms with Crippen LogP contribution in [0.2, 0.25) is 0 Å². The largest absolute Gasteiger partial charge is 0.501 e. The van der Waals surface area contributed by atoms with Crippen molar-refractivity contribution in [3.63, 3.8) is 0 Å². The van der Waals surface area contributed by atoms with Crippen molar-refractivity contribution in [2.45, 2.75) is 16.8 Å². The molecular weight excluding hydrogens is 305 g/mol. The number of alkyl halides is 3. The van der Waals surface area contributed by atoms with Crippen LogP contribution in [0.3, 0.4) is 0 Å². The second-order valence-corrected chi connectivity index (χ2v) is 6.98.